The number of para-hydroxylation sites is 1. The quantitative estimate of drug-likeness (QED) is 0.598. The van der Waals surface area contributed by atoms with E-state index < -0.39 is 0 Å². The molecular weight excluding hydrogens is 192 g/mol. The second-order valence-corrected chi connectivity index (χ2v) is 3.27. The zero-order chi connectivity index (χ0) is 11.3. The number of amides is 1. The molecule has 2 N–H and O–H groups in total. The Morgan fingerprint density at radius 3 is 2.73 bits per heavy atom. The molecule has 0 saturated heterocycles. The van der Waals surface area contributed by atoms with Gasteiger partial charge >= 0.3 is 0 Å². The van der Waals surface area contributed by atoms with E-state index in [-0.39, 0.29) is 5.91 Å². The molecule has 0 saturated carbocycles. The number of aryl methyl sites for hydroxylation is 1. The zero-order valence-electron chi connectivity index (χ0n) is 9.06. The SMILES string of the molecule is CON(C)C(=O)CCc1ccccc1N. The van der Waals surface area contributed by atoms with E-state index in [9.17, 15) is 4.79 Å². The third-order valence-corrected chi connectivity index (χ3v) is 2.29. The van der Waals surface area contributed by atoms with Crippen LogP contribution < -0.4 is 5.73 Å². The van der Waals surface area contributed by atoms with Crippen molar-refractivity contribution in [3.8, 4) is 0 Å². The number of anilines is 1. The predicted octanol–water partition coefficient (Wildman–Crippen LogP) is 1.22. The Morgan fingerprint density at radius 2 is 2.13 bits per heavy atom. The average molecular weight is 208 g/mol. The molecule has 0 heterocycles. The summed E-state index contributed by atoms with van der Waals surface area (Å²) in [6.45, 7) is 0. The highest BCUT2D eigenvalue weighted by atomic mass is 16.7. The first-order valence-electron chi connectivity index (χ1n) is 4.79. The highest BCUT2D eigenvalue weighted by Gasteiger charge is 2.08. The van der Waals surface area contributed by atoms with Gasteiger partial charge in [0.2, 0.25) is 5.91 Å². The maximum Gasteiger partial charge on any atom is 0.246 e. The number of nitrogens with zero attached hydrogens (tertiary/aromatic N) is 1. The van der Waals surface area contributed by atoms with Gasteiger partial charge in [-0.15, -0.1) is 0 Å². The van der Waals surface area contributed by atoms with Gasteiger partial charge in [0.15, 0.2) is 0 Å². The van der Waals surface area contributed by atoms with Gasteiger partial charge in [-0.3, -0.25) is 9.63 Å². The van der Waals surface area contributed by atoms with E-state index in [4.69, 9.17) is 10.6 Å². The van der Waals surface area contributed by atoms with Crippen molar-refractivity contribution >= 4 is 11.6 Å². The highest BCUT2D eigenvalue weighted by molar-refractivity contribution is 5.75. The second-order valence-electron chi connectivity index (χ2n) is 3.27. The molecule has 4 heteroatoms. The number of carbonyl (C=O) groups excluding carboxylic acids is 1. The maximum atomic E-state index is 11.4. The van der Waals surface area contributed by atoms with Crippen molar-refractivity contribution in [2.45, 2.75) is 12.8 Å². The summed E-state index contributed by atoms with van der Waals surface area (Å²) in [7, 11) is 3.06. The summed E-state index contributed by atoms with van der Waals surface area (Å²) >= 11 is 0. The largest absolute Gasteiger partial charge is 0.399 e. The first kappa shape index (κ1) is 11.5. The lowest BCUT2D eigenvalue weighted by Gasteiger charge is -2.13. The van der Waals surface area contributed by atoms with E-state index in [1.54, 1.807) is 7.05 Å². The number of hydrogen-bond donors (Lipinski definition) is 1. The summed E-state index contributed by atoms with van der Waals surface area (Å²) in [5.41, 5.74) is 7.48. The monoisotopic (exact) mass is 208 g/mol. The predicted molar refractivity (Wildman–Crippen MR) is 59.0 cm³/mol. The topological polar surface area (TPSA) is 55.6 Å². The highest BCUT2D eigenvalue weighted by Crippen LogP contribution is 2.12. The molecule has 1 aromatic carbocycles. The summed E-state index contributed by atoms with van der Waals surface area (Å²) in [5.74, 6) is -0.0549. The number of hydrogen-bond acceptors (Lipinski definition) is 3. The van der Waals surface area contributed by atoms with E-state index in [1.165, 1.54) is 12.2 Å². The van der Waals surface area contributed by atoms with Crippen LogP contribution in [-0.2, 0) is 16.1 Å². The van der Waals surface area contributed by atoms with E-state index in [2.05, 4.69) is 0 Å². The van der Waals surface area contributed by atoms with Crippen LogP contribution >= 0.6 is 0 Å². The van der Waals surface area contributed by atoms with Crippen LogP contribution in [0, 0.1) is 0 Å². The lowest BCUT2D eigenvalue weighted by molar-refractivity contribution is -0.168. The van der Waals surface area contributed by atoms with Crippen LogP contribution in [0.1, 0.15) is 12.0 Å². The normalized spacial score (nSPS) is 10.0. The van der Waals surface area contributed by atoms with E-state index in [0.29, 0.717) is 12.8 Å². The fourth-order valence-electron chi connectivity index (χ4n) is 1.26. The average Bonchev–Trinajstić information content (AvgIpc) is 2.26. The van der Waals surface area contributed by atoms with Crippen LogP contribution in [-0.4, -0.2) is 25.1 Å². The van der Waals surface area contributed by atoms with Crippen LogP contribution in [0.3, 0.4) is 0 Å². The molecule has 0 aliphatic rings. The van der Waals surface area contributed by atoms with Crippen LogP contribution in [0.4, 0.5) is 5.69 Å². The van der Waals surface area contributed by atoms with Gasteiger partial charge in [-0.2, -0.15) is 0 Å². The van der Waals surface area contributed by atoms with Crippen molar-refractivity contribution < 1.29 is 9.63 Å². The zero-order valence-corrected chi connectivity index (χ0v) is 9.06. The summed E-state index contributed by atoms with van der Waals surface area (Å²) in [4.78, 5) is 16.2. The van der Waals surface area contributed by atoms with Crippen molar-refractivity contribution in [1.29, 1.82) is 0 Å². The van der Waals surface area contributed by atoms with Crippen LogP contribution in [0.25, 0.3) is 0 Å². The Kier molecular flexibility index (Phi) is 4.12. The Bertz CT molecular complexity index is 339. The first-order valence-corrected chi connectivity index (χ1v) is 4.79. The molecule has 0 radical (unpaired) electrons. The number of benzene rings is 1. The molecule has 1 aromatic rings. The fraction of sp³-hybridized carbons (Fsp3) is 0.364. The van der Waals surface area contributed by atoms with Gasteiger partial charge < -0.3 is 5.73 Å². The standard InChI is InChI=1S/C11H16N2O2/c1-13(15-2)11(14)8-7-9-5-3-4-6-10(9)12/h3-6H,7-8,12H2,1-2H3. The van der Waals surface area contributed by atoms with Crippen molar-refractivity contribution in [1.82, 2.24) is 5.06 Å². The molecule has 15 heavy (non-hydrogen) atoms. The maximum absolute atomic E-state index is 11.4. The van der Waals surface area contributed by atoms with Gasteiger partial charge in [-0.1, -0.05) is 18.2 Å². The van der Waals surface area contributed by atoms with Crippen LogP contribution in [0.15, 0.2) is 24.3 Å². The molecule has 0 spiro atoms. The molecule has 0 fully saturated rings. The van der Waals surface area contributed by atoms with E-state index >= 15 is 0 Å². The number of hydroxylamine groups is 2. The fourth-order valence-corrected chi connectivity index (χ4v) is 1.26. The van der Waals surface area contributed by atoms with Gasteiger partial charge in [0.05, 0.1) is 7.11 Å². The third kappa shape index (κ3) is 3.25. The van der Waals surface area contributed by atoms with Crippen molar-refractivity contribution in [3.63, 3.8) is 0 Å². The Balaban J connectivity index is 2.51. The number of nitrogens with two attached hydrogens (primary N) is 1. The molecule has 0 aliphatic heterocycles. The molecular formula is C11H16N2O2. The molecule has 1 rings (SSSR count). The van der Waals surface area contributed by atoms with Crippen molar-refractivity contribution in [2.75, 3.05) is 19.9 Å². The molecule has 4 nitrogen and oxygen atoms in total. The molecule has 0 bridgehead atoms. The van der Waals surface area contributed by atoms with Crippen LogP contribution in [0.2, 0.25) is 0 Å². The summed E-state index contributed by atoms with van der Waals surface area (Å²) < 4.78 is 0. The molecule has 0 aliphatic carbocycles. The molecule has 0 unspecified atom stereocenters. The van der Waals surface area contributed by atoms with Crippen LogP contribution in [0.5, 0.6) is 0 Å². The Labute approximate surface area is 89.6 Å². The van der Waals surface area contributed by atoms with Crippen molar-refractivity contribution in [3.05, 3.63) is 29.8 Å². The first-order chi connectivity index (χ1) is 7.15. The minimum atomic E-state index is -0.0549. The summed E-state index contributed by atoms with van der Waals surface area (Å²) in [6, 6.07) is 7.55. The lowest BCUT2D eigenvalue weighted by Crippen LogP contribution is -2.25. The minimum absolute atomic E-state index is 0.0549. The Hall–Kier alpha value is -1.55. The molecule has 1 amide bonds. The summed E-state index contributed by atoms with van der Waals surface area (Å²) in [6.07, 6.45) is 1.04. The van der Waals surface area contributed by atoms with E-state index in [0.717, 1.165) is 11.3 Å². The Morgan fingerprint density at radius 1 is 1.47 bits per heavy atom. The van der Waals surface area contributed by atoms with Gasteiger partial charge in [-0.25, -0.2) is 5.06 Å². The van der Waals surface area contributed by atoms with E-state index in [1.807, 2.05) is 24.3 Å². The van der Waals surface area contributed by atoms with Crippen molar-refractivity contribution in [2.24, 2.45) is 0 Å². The minimum Gasteiger partial charge on any atom is -0.399 e. The van der Waals surface area contributed by atoms with Gasteiger partial charge in [0, 0.05) is 19.2 Å². The second kappa shape index (κ2) is 5.36. The van der Waals surface area contributed by atoms with Gasteiger partial charge in [0.1, 0.15) is 0 Å². The number of nitrogen functional groups attached to an aromatic ring is 1. The summed E-state index contributed by atoms with van der Waals surface area (Å²) in [5, 5.41) is 1.22. The molecule has 0 aromatic heterocycles. The lowest BCUT2D eigenvalue weighted by atomic mass is 10.1. The molecule has 82 valence electrons. The molecule has 0 atom stereocenters. The van der Waals surface area contributed by atoms with Gasteiger partial charge in [0.25, 0.3) is 0 Å². The third-order valence-electron chi connectivity index (χ3n) is 2.29. The number of carbonyl (C=O) groups is 1. The smallest absolute Gasteiger partial charge is 0.246 e. The number of rotatable bonds is 4. The van der Waals surface area contributed by atoms with Gasteiger partial charge in [-0.05, 0) is 18.1 Å².